The van der Waals surface area contributed by atoms with Crippen LogP contribution in [-0.4, -0.2) is 45.0 Å². The highest BCUT2D eigenvalue weighted by atomic mass is 16.5. The van der Waals surface area contributed by atoms with Gasteiger partial charge in [-0.2, -0.15) is 0 Å². The molecule has 1 heterocycles. The minimum absolute atomic E-state index is 0.240. The van der Waals surface area contributed by atoms with E-state index in [1.54, 1.807) is 25.1 Å². The summed E-state index contributed by atoms with van der Waals surface area (Å²) in [5.74, 6) is -1.34. The monoisotopic (exact) mass is 363 g/mol. The van der Waals surface area contributed by atoms with Crippen molar-refractivity contribution in [2.75, 3.05) is 27.3 Å². The first kappa shape index (κ1) is 19.7. The second-order valence-corrected chi connectivity index (χ2v) is 6.15. The first-order valence-electron chi connectivity index (χ1n) is 8.54. The molecule has 26 heavy (non-hydrogen) atoms. The summed E-state index contributed by atoms with van der Waals surface area (Å²) >= 11 is 0. The minimum Gasteiger partial charge on any atom is -0.493 e. The average molecular weight is 363 g/mol. The summed E-state index contributed by atoms with van der Waals surface area (Å²) in [6, 6.07) is 4.77. The number of methoxy groups -OCH3 is 2. The molecule has 0 aromatic heterocycles. The van der Waals surface area contributed by atoms with Crippen LogP contribution in [0.1, 0.15) is 31.4 Å². The van der Waals surface area contributed by atoms with Gasteiger partial charge in [0.2, 0.25) is 5.91 Å². The number of amides is 3. The topological polar surface area (TPSA) is 106 Å². The summed E-state index contributed by atoms with van der Waals surface area (Å²) < 4.78 is 10.4. The van der Waals surface area contributed by atoms with E-state index in [1.807, 2.05) is 0 Å². The van der Waals surface area contributed by atoms with Crippen LogP contribution in [0.3, 0.4) is 0 Å². The van der Waals surface area contributed by atoms with Crippen LogP contribution in [0.2, 0.25) is 0 Å². The van der Waals surface area contributed by atoms with Crippen molar-refractivity contribution in [2.45, 2.75) is 25.8 Å². The Morgan fingerprint density at radius 1 is 1.08 bits per heavy atom. The van der Waals surface area contributed by atoms with Gasteiger partial charge in [-0.25, -0.2) is 0 Å². The van der Waals surface area contributed by atoms with Crippen LogP contribution < -0.4 is 25.4 Å². The Balaban J connectivity index is 1.93. The molecule has 2 rings (SSSR count). The molecule has 3 amide bonds. The van der Waals surface area contributed by atoms with Crippen molar-refractivity contribution < 1.29 is 23.9 Å². The predicted molar refractivity (Wildman–Crippen MR) is 94.8 cm³/mol. The van der Waals surface area contributed by atoms with Crippen LogP contribution in [0, 0.1) is 5.92 Å². The molecule has 3 N–H and O–H groups in total. The zero-order valence-electron chi connectivity index (χ0n) is 15.3. The summed E-state index contributed by atoms with van der Waals surface area (Å²) in [7, 11) is 3.05. The maximum absolute atomic E-state index is 12.1. The number of hydrogen-bond donors (Lipinski definition) is 3. The van der Waals surface area contributed by atoms with Crippen molar-refractivity contribution in [3.63, 3.8) is 0 Å². The Bertz CT molecular complexity index is 671. The van der Waals surface area contributed by atoms with Gasteiger partial charge in [-0.3, -0.25) is 19.7 Å². The number of piperidine rings is 1. The highest BCUT2D eigenvalue weighted by Gasteiger charge is 2.25. The lowest BCUT2D eigenvalue weighted by Gasteiger charge is -2.21. The molecule has 1 aromatic carbocycles. The molecule has 1 fully saturated rings. The third-order valence-electron chi connectivity index (χ3n) is 4.41. The van der Waals surface area contributed by atoms with Crippen LogP contribution in [0.15, 0.2) is 18.2 Å². The number of carbonyl (C=O) groups is 3. The van der Waals surface area contributed by atoms with E-state index in [1.165, 1.54) is 14.2 Å². The largest absolute Gasteiger partial charge is 0.493 e. The molecule has 1 atom stereocenters. The lowest BCUT2D eigenvalue weighted by molar-refractivity contribution is -0.143. The first-order valence-corrected chi connectivity index (χ1v) is 8.54. The summed E-state index contributed by atoms with van der Waals surface area (Å²) in [5.41, 5.74) is 0.744. The lowest BCUT2D eigenvalue weighted by atomic mass is 9.97. The van der Waals surface area contributed by atoms with Crippen molar-refractivity contribution in [2.24, 2.45) is 5.92 Å². The van der Waals surface area contributed by atoms with Crippen LogP contribution in [-0.2, 0) is 14.4 Å². The molecule has 8 heteroatoms. The van der Waals surface area contributed by atoms with Crippen molar-refractivity contribution in [1.29, 1.82) is 0 Å². The zero-order chi connectivity index (χ0) is 19.1. The van der Waals surface area contributed by atoms with Gasteiger partial charge in [0.05, 0.1) is 20.3 Å². The smallest absolute Gasteiger partial charge is 0.315 e. The SMILES string of the molecule is COc1ccc(C(C)NC(=O)C(=O)NC(=O)C2CCNCC2)cc1OC. The highest BCUT2D eigenvalue weighted by molar-refractivity contribution is 6.37. The summed E-state index contributed by atoms with van der Waals surface area (Å²) in [6.07, 6.45) is 1.31. The molecule has 8 nitrogen and oxygen atoms in total. The third-order valence-corrected chi connectivity index (χ3v) is 4.41. The molecule has 1 aliphatic rings. The fourth-order valence-electron chi connectivity index (χ4n) is 2.82. The number of carbonyl (C=O) groups excluding carboxylic acids is 3. The van der Waals surface area contributed by atoms with Gasteiger partial charge >= 0.3 is 11.8 Å². The average Bonchev–Trinajstić information content (AvgIpc) is 2.67. The van der Waals surface area contributed by atoms with E-state index in [2.05, 4.69) is 16.0 Å². The van der Waals surface area contributed by atoms with Gasteiger partial charge in [0.25, 0.3) is 0 Å². The van der Waals surface area contributed by atoms with Gasteiger partial charge in [0.1, 0.15) is 0 Å². The molecular formula is C18H25N3O5. The Morgan fingerprint density at radius 2 is 1.73 bits per heavy atom. The van der Waals surface area contributed by atoms with E-state index in [4.69, 9.17) is 9.47 Å². The quantitative estimate of drug-likeness (QED) is 0.659. The van der Waals surface area contributed by atoms with E-state index in [0.717, 1.165) is 18.7 Å². The van der Waals surface area contributed by atoms with Crippen molar-refractivity contribution >= 4 is 17.7 Å². The lowest BCUT2D eigenvalue weighted by Crippen LogP contribution is -2.47. The van der Waals surface area contributed by atoms with Gasteiger partial charge in [-0.05, 0) is 50.6 Å². The van der Waals surface area contributed by atoms with Crippen molar-refractivity contribution in [1.82, 2.24) is 16.0 Å². The Labute approximate surface area is 152 Å². The predicted octanol–water partition coefficient (Wildman–Crippen LogP) is 0.523. The number of ether oxygens (including phenoxy) is 2. The molecule has 0 aliphatic carbocycles. The Kier molecular flexibility index (Phi) is 6.97. The van der Waals surface area contributed by atoms with Gasteiger partial charge in [0, 0.05) is 5.92 Å². The number of rotatable bonds is 5. The Morgan fingerprint density at radius 3 is 2.35 bits per heavy atom. The van der Waals surface area contributed by atoms with Gasteiger partial charge in [0.15, 0.2) is 11.5 Å². The summed E-state index contributed by atoms with van der Waals surface area (Å²) in [5, 5.41) is 7.91. The molecule has 142 valence electrons. The van der Waals surface area contributed by atoms with Gasteiger partial charge in [-0.1, -0.05) is 6.07 Å². The second-order valence-electron chi connectivity index (χ2n) is 6.15. The van der Waals surface area contributed by atoms with Gasteiger partial charge < -0.3 is 20.1 Å². The molecule has 0 spiro atoms. The second kappa shape index (κ2) is 9.19. The molecule has 0 saturated carbocycles. The fourth-order valence-corrected chi connectivity index (χ4v) is 2.82. The summed E-state index contributed by atoms with van der Waals surface area (Å²) in [4.78, 5) is 36.1. The standard InChI is InChI=1S/C18H25N3O5/c1-11(13-4-5-14(25-2)15(10-13)26-3)20-17(23)18(24)21-16(22)12-6-8-19-9-7-12/h4-5,10-12,19H,6-9H2,1-3H3,(H,20,23)(H,21,22,24). The van der Waals surface area contributed by atoms with E-state index >= 15 is 0 Å². The van der Waals surface area contributed by atoms with E-state index in [9.17, 15) is 14.4 Å². The zero-order valence-corrected chi connectivity index (χ0v) is 15.3. The first-order chi connectivity index (χ1) is 12.5. The number of nitrogens with one attached hydrogen (secondary N) is 3. The minimum atomic E-state index is -0.944. The van der Waals surface area contributed by atoms with Crippen LogP contribution in [0.25, 0.3) is 0 Å². The van der Waals surface area contributed by atoms with Crippen molar-refractivity contribution in [3.8, 4) is 11.5 Å². The highest BCUT2D eigenvalue weighted by Crippen LogP contribution is 2.29. The van der Waals surface area contributed by atoms with E-state index < -0.39 is 23.8 Å². The molecule has 1 aliphatic heterocycles. The number of benzene rings is 1. The fraction of sp³-hybridized carbons (Fsp3) is 0.500. The Hall–Kier alpha value is -2.61. The number of hydrogen-bond acceptors (Lipinski definition) is 6. The van der Waals surface area contributed by atoms with Crippen LogP contribution in [0.5, 0.6) is 11.5 Å². The molecule has 1 saturated heterocycles. The van der Waals surface area contributed by atoms with Gasteiger partial charge in [-0.15, -0.1) is 0 Å². The molecular weight excluding hydrogens is 338 g/mol. The molecule has 0 bridgehead atoms. The van der Waals surface area contributed by atoms with Crippen LogP contribution >= 0.6 is 0 Å². The maximum Gasteiger partial charge on any atom is 0.315 e. The van der Waals surface area contributed by atoms with E-state index in [-0.39, 0.29) is 5.92 Å². The molecule has 0 radical (unpaired) electrons. The summed E-state index contributed by atoms with van der Waals surface area (Å²) in [6.45, 7) is 3.20. The maximum atomic E-state index is 12.1. The number of imide groups is 1. The normalized spacial score (nSPS) is 15.7. The van der Waals surface area contributed by atoms with E-state index in [0.29, 0.717) is 24.3 Å². The molecule has 1 aromatic rings. The molecule has 1 unspecified atom stereocenters. The van der Waals surface area contributed by atoms with Crippen LogP contribution in [0.4, 0.5) is 0 Å². The van der Waals surface area contributed by atoms with Crippen molar-refractivity contribution in [3.05, 3.63) is 23.8 Å². The third kappa shape index (κ3) is 4.95.